The molecule has 0 spiro atoms. The Kier molecular flexibility index (Phi) is 4.06. The van der Waals surface area contributed by atoms with Gasteiger partial charge in [0.1, 0.15) is 5.69 Å². The smallest absolute Gasteiger partial charge is 0.274 e. The van der Waals surface area contributed by atoms with Gasteiger partial charge in [0.25, 0.3) is 5.91 Å². The molecule has 1 aliphatic rings. The fourth-order valence-electron chi connectivity index (χ4n) is 1.71. The van der Waals surface area contributed by atoms with Crippen molar-refractivity contribution < 1.29 is 9.53 Å². The molecule has 1 aliphatic carbocycles. The molecule has 1 amide bonds. The highest BCUT2D eigenvalue weighted by Gasteiger charge is 2.33. The summed E-state index contributed by atoms with van der Waals surface area (Å²) in [4.78, 5) is 22.1. The highest BCUT2D eigenvalue weighted by Crippen LogP contribution is 2.27. The van der Waals surface area contributed by atoms with Gasteiger partial charge in [0.15, 0.2) is 5.82 Å². The minimum Gasteiger partial charge on any atom is -0.383 e. The summed E-state index contributed by atoms with van der Waals surface area (Å²) in [7, 11) is 1.62. The largest absolute Gasteiger partial charge is 0.383 e. The van der Waals surface area contributed by atoms with E-state index in [0.29, 0.717) is 30.7 Å². The molecule has 0 radical (unpaired) electrons. The number of hydrazine groups is 1. The molecule has 0 aromatic carbocycles. The van der Waals surface area contributed by atoms with Crippen molar-refractivity contribution in [3.05, 3.63) is 18.1 Å². The quantitative estimate of drug-likeness (QED) is 0.546. The Morgan fingerprint density at radius 3 is 3.00 bits per heavy atom. The van der Waals surface area contributed by atoms with Crippen molar-refractivity contribution in [1.82, 2.24) is 14.9 Å². The molecular weight excluding hydrogens is 234 g/mol. The van der Waals surface area contributed by atoms with E-state index in [1.54, 1.807) is 12.0 Å². The first kappa shape index (κ1) is 12.7. The van der Waals surface area contributed by atoms with Crippen LogP contribution in [0.3, 0.4) is 0 Å². The van der Waals surface area contributed by atoms with Crippen molar-refractivity contribution in [2.45, 2.75) is 18.9 Å². The van der Waals surface area contributed by atoms with Crippen molar-refractivity contribution in [3.8, 4) is 0 Å². The van der Waals surface area contributed by atoms with E-state index >= 15 is 0 Å². The Morgan fingerprint density at radius 1 is 1.61 bits per heavy atom. The molecule has 1 aromatic heterocycles. The van der Waals surface area contributed by atoms with E-state index in [9.17, 15) is 4.79 Å². The SMILES string of the molecule is COCCN(C(=O)c1cncc(NN)n1)C1CC1. The molecule has 0 aliphatic heterocycles. The minimum atomic E-state index is -0.126. The predicted octanol–water partition coefficient (Wildman–Crippen LogP) is 0.0132. The van der Waals surface area contributed by atoms with Gasteiger partial charge in [-0.25, -0.2) is 10.8 Å². The first-order chi connectivity index (χ1) is 8.76. The van der Waals surface area contributed by atoms with Crippen LogP contribution in [0.4, 0.5) is 5.82 Å². The summed E-state index contributed by atoms with van der Waals surface area (Å²) in [6.07, 6.45) is 4.99. The van der Waals surface area contributed by atoms with E-state index in [1.807, 2.05) is 0 Å². The minimum absolute atomic E-state index is 0.126. The van der Waals surface area contributed by atoms with Gasteiger partial charge >= 0.3 is 0 Å². The van der Waals surface area contributed by atoms with Gasteiger partial charge in [0, 0.05) is 19.7 Å². The molecule has 7 heteroatoms. The van der Waals surface area contributed by atoms with E-state index < -0.39 is 0 Å². The summed E-state index contributed by atoms with van der Waals surface area (Å²) in [6.45, 7) is 1.09. The monoisotopic (exact) mass is 251 g/mol. The summed E-state index contributed by atoms with van der Waals surface area (Å²) in [6, 6.07) is 0.309. The van der Waals surface area contributed by atoms with E-state index in [2.05, 4.69) is 15.4 Å². The van der Waals surface area contributed by atoms with Crippen molar-refractivity contribution in [2.24, 2.45) is 5.84 Å². The Balaban J connectivity index is 2.11. The maximum Gasteiger partial charge on any atom is 0.274 e. The van der Waals surface area contributed by atoms with Gasteiger partial charge < -0.3 is 15.1 Å². The Hall–Kier alpha value is -1.73. The number of methoxy groups -OCH3 is 1. The number of anilines is 1. The van der Waals surface area contributed by atoms with Crippen molar-refractivity contribution >= 4 is 11.7 Å². The number of hydrogen-bond donors (Lipinski definition) is 2. The molecule has 3 N–H and O–H groups in total. The lowest BCUT2D eigenvalue weighted by Crippen LogP contribution is -2.36. The third-order valence-electron chi connectivity index (χ3n) is 2.79. The molecule has 0 saturated heterocycles. The maximum atomic E-state index is 12.3. The van der Waals surface area contributed by atoms with Crippen LogP contribution in [-0.4, -0.2) is 47.1 Å². The third kappa shape index (κ3) is 2.93. The van der Waals surface area contributed by atoms with Gasteiger partial charge in [0.2, 0.25) is 0 Å². The Morgan fingerprint density at radius 2 is 2.39 bits per heavy atom. The lowest BCUT2D eigenvalue weighted by Gasteiger charge is -2.21. The maximum absolute atomic E-state index is 12.3. The molecule has 0 atom stereocenters. The van der Waals surface area contributed by atoms with Crippen LogP contribution in [0.2, 0.25) is 0 Å². The van der Waals surface area contributed by atoms with Crippen molar-refractivity contribution in [1.29, 1.82) is 0 Å². The number of aromatic nitrogens is 2. The van der Waals surface area contributed by atoms with Gasteiger partial charge in [-0.15, -0.1) is 0 Å². The number of nitrogens with two attached hydrogens (primary N) is 1. The second-order valence-corrected chi connectivity index (χ2v) is 4.16. The number of hydrogen-bond acceptors (Lipinski definition) is 6. The fraction of sp³-hybridized carbons (Fsp3) is 0.545. The fourth-order valence-corrected chi connectivity index (χ4v) is 1.71. The zero-order chi connectivity index (χ0) is 13.0. The van der Waals surface area contributed by atoms with Crippen LogP contribution in [0, 0.1) is 0 Å². The molecule has 1 heterocycles. The summed E-state index contributed by atoms with van der Waals surface area (Å²) in [5, 5.41) is 0. The van der Waals surface area contributed by atoms with Gasteiger partial charge in [-0.1, -0.05) is 0 Å². The molecular formula is C11H17N5O2. The highest BCUT2D eigenvalue weighted by atomic mass is 16.5. The topological polar surface area (TPSA) is 93.4 Å². The lowest BCUT2D eigenvalue weighted by atomic mass is 10.3. The van der Waals surface area contributed by atoms with Gasteiger partial charge in [0.05, 0.1) is 19.0 Å². The normalized spacial score (nSPS) is 14.3. The number of carbonyl (C=O) groups excluding carboxylic acids is 1. The first-order valence-corrected chi connectivity index (χ1v) is 5.85. The molecule has 98 valence electrons. The van der Waals surface area contributed by atoms with Gasteiger partial charge in [-0.05, 0) is 12.8 Å². The van der Waals surface area contributed by atoms with Crippen molar-refractivity contribution in [3.63, 3.8) is 0 Å². The number of ether oxygens (including phenoxy) is 1. The zero-order valence-corrected chi connectivity index (χ0v) is 10.3. The number of amides is 1. The number of nitrogens with zero attached hydrogens (tertiary/aromatic N) is 3. The Bertz CT molecular complexity index is 422. The second kappa shape index (κ2) is 5.74. The van der Waals surface area contributed by atoms with Crippen LogP contribution in [0.1, 0.15) is 23.3 Å². The third-order valence-corrected chi connectivity index (χ3v) is 2.79. The van der Waals surface area contributed by atoms with Crippen LogP contribution < -0.4 is 11.3 Å². The number of rotatable bonds is 6. The second-order valence-electron chi connectivity index (χ2n) is 4.16. The number of nitrogens with one attached hydrogen (secondary N) is 1. The molecule has 1 fully saturated rings. The van der Waals surface area contributed by atoms with Crippen LogP contribution in [0.5, 0.6) is 0 Å². The molecule has 2 rings (SSSR count). The summed E-state index contributed by atoms with van der Waals surface area (Å²) in [5.41, 5.74) is 2.68. The molecule has 0 unspecified atom stereocenters. The van der Waals surface area contributed by atoms with Crippen LogP contribution >= 0.6 is 0 Å². The van der Waals surface area contributed by atoms with Crippen LogP contribution in [-0.2, 0) is 4.74 Å². The summed E-state index contributed by atoms with van der Waals surface area (Å²) in [5.74, 6) is 5.50. The van der Waals surface area contributed by atoms with Crippen LogP contribution in [0.15, 0.2) is 12.4 Å². The van der Waals surface area contributed by atoms with Gasteiger partial charge in [-0.2, -0.15) is 0 Å². The molecule has 18 heavy (non-hydrogen) atoms. The average molecular weight is 251 g/mol. The Labute approximate surface area is 105 Å². The van der Waals surface area contributed by atoms with E-state index in [-0.39, 0.29) is 5.91 Å². The number of carbonyl (C=O) groups is 1. The van der Waals surface area contributed by atoms with Gasteiger partial charge in [-0.3, -0.25) is 9.78 Å². The molecule has 7 nitrogen and oxygen atoms in total. The first-order valence-electron chi connectivity index (χ1n) is 5.85. The van der Waals surface area contributed by atoms with E-state index in [1.165, 1.54) is 12.4 Å². The summed E-state index contributed by atoms with van der Waals surface area (Å²) < 4.78 is 5.02. The van der Waals surface area contributed by atoms with E-state index in [0.717, 1.165) is 12.8 Å². The summed E-state index contributed by atoms with van der Waals surface area (Å²) >= 11 is 0. The molecule has 1 saturated carbocycles. The highest BCUT2D eigenvalue weighted by molar-refractivity contribution is 5.92. The molecule has 1 aromatic rings. The zero-order valence-electron chi connectivity index (χ0n) is 10.3. The standard InChI is InChI=1S/C11H17N5O2/c1-18-5-4-16(8-2-3-8)11(17)9-6-13-7-10(14-9)15-12/h6-8H,2-5,12H2,1H3,(H,14,15). The average Bonchev–Trinajstić information content (AvgIpc) is 3.23. The van der Waals surface area contributed by atoms with Crippen LogP contribution in [0.25, 0.3) is 0 Å². The lowest BCUT2D eigenvalue weighted by molar-refractivity contribution is 0.0674. The number of nitrogen functional groups attached to an aromatic ring is 1. The van der Waals surface area contributed by atoms with E-state index in [4.69, 9.17) is 10.6 Å². The predicted molar refractivity (Wildman–Crippen MR) is 65.8 cm³/mol. The molecule has 0 bridgehead atoms. The van der Waals surface area contributed by atoms with Crippen molar-refractivity contribution in [2.75, 3.05) is 25.7 Å².